The molecular weight excluding hydrogens is 219 g/mol. The quantitative estimate of drug-likeness (QED) is 0.870. The molecule has 1 aromatic rings. The zero-order chi connectivity index (χ0) is 12.3. The maximum absolute atomic E-state index is 12.4. The monoisotopic (exact) mass is 236 g/mol. The van der Waals surface area contributed by atoms with Crippen LogP contribution in [0.25, 0.3) is 0 Å². The van der Waals surface area contributed by atoms with E-state index in [0.717, 1.165) is 25.1 Å². The molecule has 1 aromatic carbocycles. The third kappa shape index (κ3) is 2.75. The van der Waals surface area contributed by atoms with Crippen LogP contribution in [0.5, 0.6) is 0 Å². The average Bonchev–Trinajstić information content (AvgIpc) is 2.39. The molecule has 1 unspecified atom stereocenters. The van der Waals surface area contributed by atoms with E-state index in [2.05, 4.69) is 4.90 Å². The molecule has 1 amide bonds. The van der Waals surface area contributed by atoms with Crippen molar-refractivity contribution in [3.8, 4) is 0 Å². The summed E-state index contributed by atoms with van der Waals surface area (Å²) in [6.07, 6.45) is 1.84. The van der Waals surface area contributed by atoms with Gasteiger partial charge in [0.2, 0.25) is 5.91 Å². The van der Waals surface area contributed by atoms with Crippen LogP contribution in [0.1, 0.15) is 18.4 Å². The number of rotatable bonds is 3. The van der Waals surface area contributed by atoms with Crippen molar-refractivity contribution in [2.24, 2.45) is 11.7 Å². The SMILES string of the molecule is NC(=O)C1CCCN(c2ccc(CF)cc2)C1. The van der Waals surface area contributed by atoms with Crippen LogP contribution in [0.4, 0.5) is 10.1 Å². The highest BCUT2D eigenvalue weighted by Crippen LogP contribution is 2.23. The molecule has 0 bridgehead atoms. The second-order valence-electron chi connectivity index (χ2n) is 4.49. The normalized spacial score (nSPS) is 20.3. The number of hydrogen-bond acceptors (Lipinski definition) is 2. The molecule has 92 valence electrons. The van der Waals surface area contributed by atoms with Crippen LogP contribution in [0, 0.1) is 5.92 Å². The number of alkyl halides is 1. The Hall–Kier alpha value is -1.58. The Morgan fingerprint density at radius 2 is 2.12 bits per heavy atom. The molecule has 1 fully saturated rings. The molecule has 3 nitrogen and oxygen atoms in total. The number of hydrogen-bond donors (Lipinski definition) is 1. The van der Waals surface area contributed by atoms with Crippen molar-refractivity contribution in [2.45, 2.75) is 19.5 Å². The molecule has 1 saturated heterocycles. The molecule has 0 radical (unpaired) electrons. The molecule has 1 heterocycles. The van der Waals surface area contributed by atoms with Crippen molar-refractivity contribution in [1.82, 2.24) is 0 Å². The second-order valence-corrected chi connectivity index (χ2v) is 4.49. The molecule has 0 spiro atoms. The van der Waals surface area contributed by atoms with Crippen LogP contribution in [0.15, 0.2) is 24.3 Å². The van der Waals surface area contributed by atoms with Crippen LogP contribution in [-0.4, -0.2) is 19.0 Å². The third-order valence-corrected chi connectivity index (χ3v) is 3.28. The number of anilines is 1. The van der Waals surface area contributed by atoms with Crippen LogP contribution < -0.4 is 10.6 Å². The minimum Gasteiger partial charge on any atom is -0.371 e. The number of primary amides is 1. The van der Waals surface area contributed by atoms with Crippen LogP contribution >= 0.6 is 0 Å². The fourth-order valence-electron chi connectivity index (χ4n) is 2.24. The minimum atomic E-state index is -0.440. The van der Waals surface area contributed by atoms with Gasteiger partial charge in [0.25, 0.3) is 0 Å². The van der Waals surface area contributed by atoms with Gasteiger partial charge in [0.15, 0.2) is 0 Å². The lowest BCUT2D eigenvalue weighted by Gasteiger charge is -2.33. The van der Waals surface area contributed by atoms with Gasteiger partial charge in [0.05, 0.1) is 5.92 Å². The van der Waals surface area contributed by atoms with Crippen molar-refractivity contribution in [3.63, 3.8) is 0 Å². The van der Waals surface area contributed by atoms with Crippen molar-refractivity contribution in [2.75, 3.05) is 18.0 Å². The zero-order valence-electron chi connectivity index (χ0n) is 9.73. The standard InChI is InChI=1S/C13H17FN2O/c14-8-10-3-5-12(6-4-10)16-7-1-2-11(9-16)13(15)17/h3-6,11H,1-2,7-9H2,(H2,15,17). The van der Waals surface area contributed by atoms with Crippen molar-refractivity contribution in [3.05, 3.63) is 29.8 Å². The number of nitrogens with two attached hydrogens (primary N) is 1. The summed E-state index contributed by atoms with van der Waals surface area (Å²) in [5.74, 6) is -0.292. The number of benzene rings is 1. The Kier molecular flexibility index (Phi) is 3.61. The number of carbonyl (C=O) groups is 1. The summed E-state index contributed by atoms with van der Waals surface area (Å²) in [5.41, 5.74) is 7.05. The summed E-state index contributed by atoms with van der Waals surface area (Å²) in [4.78, 5) is 13.3. The molecule has 1 atom stereocenters. The van der Waals surface area contributed by atoms with Crippen LogP contribution in [0.2, 0.25) is 0 Å². The number of carbonyl (C=O) groups excluding carboxylic acids is 1. The van der Waals surface area contributed by atoms with E-state index in [1.807, 2.05) is 12.1 Å². The number of piperidine rings is 1. The summed E-state index contributed by atoms with van der Waals surface area (Å²) in [7, 11) is 0. The van der Waals surface area contributed by atoms with E-state index in [4.69, 9.17) is 5.73 Å². The number of nitrogens with zero attached hydrogens (tertiary/aromatic N) is 1. The predicted octanol–water partition coefficient (Wildman–Crippen LogP) is 1.86. The Balaban J connectivity index is 2.08. The lowest BCUT2D eigenvalue weighted by molar-refractivity contribution is -0.122. The van der Waals surface area contributed by atoms with Crippen LogP contribution in [-0.2, 0) is 11.5 Å². The fraction of sp³-hybridized carbons (Fsp3) is 0.462. The summed E-state index contributed by atoms with van der Waals surface area (Å²) in [6, 6.07) is 7.36. The van der Waals surface area contributed by atoms with E-state index in [1.54, 1.807) is 12.1 Å². The van der Waals surface area contributed by atoms with E-state index in [-0.39, 0.29) is 11.8 Å². The number of amides is 1. The third-order valence-electron chi connectivity index (χ3n) is 3.28. The maximum atomic E-state index is 12.4. The highest BCUT2D eigenvalue weighted by molar-refractivity contribution is 5.77. The summed E-state index contributed by atoms with van der Waals surface area (Å²) in [6.45, 7) is 1.16. The summed E-state index contributed by atoms with van der Waals surface area (Å²) in [5, 5.41) is 0. The molecule has 2 rings (SSSR count). The van der Waals surface area contributed by atoms with Gasteiger partial charge < -0.3 is 10.6 Å². The van der Waals surface area contributed by atoms with Gasteiger partial charge in [-0.3, -0.25) is 4.79 Å². The molecule has 1 aliphatic rings. The van der Waals surface area contributed by atoms with E-state index in [0.29, 0.717) is 12.1 Å². The van der Waals surface area contributed by atoms with Crippen molar-refractivity contribution >= 4 is 11.6 Å². The van der Waals surface area contributed by atoms with Gasteiger partial charge in [-0.15, -0.1) is 0 Å². The van der Waals surface area contributed by atoms with Crippen molar-refractivity contribution < 1.29 is 9.18 Å². The highest BCUT2D eigenvalue weighted by Gasteiger charge is 2.23. The topological polar surface area (TPSA) is 46.3 Å². The Bertz CT molecular complexity index is 391. The maximum Gasteiger partial charge on any atom is 0.222 e. The fourth-order valence-corrected chi connectivity index (χ4v) is 2.24. The smallest absolute Gasteiger partial charge is 0.222 e. The summed E-state index contributed by atoms with van der Waals surface area (Å²) >= 11 is 0. The van der Waals surface area contributed by atoms with Crippen molar-refractivity contribution in [1.29, 1.82) is 0 Å². The molecule has 0 saturated carbocycles. The predicted molar refractivity (Wildman–Crippen MR) is 65.4 cm³/mol. The lowest BCUT2D eigenvalue weighted by atomic mass is 9.97. The van der Waals surface area contributed by atoms with E-state index in [1.165, 1.54) is 0 Å². The van der Waals surface area contributed by atoms with Crippen LogP contribution in [0.3, 0.4) is 0 Å². The first kappa shape index (κ1) is 11.9. The first-order valence-corrected chi connectivity index (χ1v) is 5.90. The molecule has 17 heavy (non-hydrogen) atoms. The van der Waals surface area contributed by atoms with Gasteiger partial charge in [0.1, 0.15) is 6.67 Å². The van der Waals surface area contributed by atoms with E-state index >= 15 is 0 Å². The molecule has 0 aromatic heterocycles. The van der Waals surface area contributed by atoms with E-state index < -0.39 is 6.67 Å². The Morgan fingerprint density at radius 3 is 2.71 bits per heavy atom. The first-order chi connectivity index (χ1) is 8.20. The first-order valence-electron chi connectivity index (χ1n) is 5.90. The lowest BCUT2D eigenvalue weighted by Crippen LogP contribution is -2.41. The van der Waals surface area contributed by atoms with Gasteiger partial charge in [-0.1, -0.05) is 12.1 Å². The Morgan fingerprint density at radius 1 is 1.41 bits per heavy atom. The zero-order valence-corrected chi connectivity index (χ0v) is 9.73. The molecule has 2 N–H and O–H groups in total. The molecule has 4 heteroatoms. The van der Waals surface area contributed by atoms with Gasteiger partial charge in [-0.25, -0.2) is 4.39 Å². The molecular formula is C13H17FN2O. The average molecular weight is 236 g/mol. The minimum absolute atomic E-state index is 0.0652. The number of halogens is 1. The molecule has 1 aliphatic heterocycles. The van der Waals surface area contributed by atoms with Gasteiger partial charge in [-0.2, -0.15) is 0 Å². The molecule has 0 aliphatic carbocycles. The van der Waals surface area contributed by atoms with Gasteiger partial charge >= 0.3 is 0 Å². The summed E-state index contributed by atoms with van der Waals surface area (Å²) < 4.78 is 12.4. The van der Waals surface area contributed by atoms with Gasteiger partial charge in [0, 0.05) is 18.8 Å². The second kappa shape index (κ2) is 5.17. The highest BCUT2D eigenvalue weighted by atomic mass is 19.1. The Labute approximate surface area is 100 Å². The largest absolute Gasteiger partial charge is 0.371 e. The van der Waals surface area contributed by atoms with Gasteiger partial charge in [-0.05, 0) is 30.5 Å². The van der Waals surface area contributed by atoms with E-state index in [9.17, 15) is 9.18 Å².